The molecule has 3 rings (SSSR count). The van der Waals surface area contributed by atoms with E-state index in [1.54, 1.807) is 0 Å². The number of aliphatic hydroxyl groups is 1. The Morgan fingerprint density at radius 2 is 2.29 bits per heavy atom. The minimum absolute atomic E-state index is 0.0417. The van der Waals surface area contributed by atoms with Crippen LogP contribution in [-0.2, 0) is 11.3 Å². The highest BCUT2D eigenvalue weighted by atomic mass is 16.5. The second-order valence-corrected chi connectivity index (χ2v) is 4.70. The molecular formula is C11H17N3O3. The van der Waals surface area contributed by atoms with Crippen molar-refractivity contribution >= 4 is 0 Å². The van der Waals surface area contributed by atoms with Crippen molar-refractivity contribution in [2.24, 2.45) is 0 Å². The van der Waals surface area contributed by atoms with E-state index in [0.717, 1.165) is 12.4 Å². The third kappa shape index (κ3) is 2.48. The summed E-state index contributed by atoms with van der Waals surface area (Å²) in [5, 5.41) is 13.2. The first-order valence-corrected chi connectivity index (χ1v) is 6.12. The Morgan fingerprint density at radius 1 is 1.41 bits per heavy atom. The molecule has 1 aliphatic carbocycles. The maximum atomic E-state index is 9.25. The summed E-state index contributed by atoms with van der Waals surface area (Å²) in [5.74, 6) is 2.01. The summed E-state index contributed by atoms with van der Waals surface area (Å²) in [6.07, 6.45) is 2.35. The number of aliphatic hydroxyl groups excluding tert-OH is 1. The summed E-state index contributed by atoms with van der Waals surface area (Å²) in [6.45, 7) is 2.77. The van der Waals surface area contributed by atoms with E-state index in [1.807, 2.05) is 0 Å². The first-order chi connectivity index (χ1) is 8.36. The van der Waals surface area contributed by atoms with Crippen molar-refractivity contribution in [3.8, 4) is 0 Å². The van der Waals surface area contributed by atoms with Crippen LogP contribution in [0.15, 0.2) is 4.52 Å². The second kappa shape index (κ2) is 4.72. The van der Waals surface area contributed by atoms with Gasteiger partial charge in [-0.2, -0.15) is 4.98 Å². The Bertz CT molecular complexity index is 378. The SMILES string of the molecule is OCC1COCCN1Cc1nc(C2CC2)no1. The van der Waals surface area contributed by atoms with Crippen LogP contribution in [0.4, 0.5) is 0 Å². The third-order valence-electron chi connectivity index (χ3n) is 3.32. The predicted molar refractivity (Wildman–Crippen MR) is 58.4 cm³/mol. The molecule has 0 amide bonds. The van der Waals surface area contributed by atoms with E-state index >= 15 is 0 Å². The fourth-order valence-corrected chi connectivity index (χ4v) is 2.08. The lowest BCUT2D eigenvalue weighted by molar-refractivity contribution is -0.0348. The average molecular weight is 239 g/mol. The number of aromatic nitrogens is 2. The van der Waals surface area contributed by atoms with Crippen LogP contribution >= 0.6 is 0 Å². The second-order valence-electron chi connectivity index (χ2n) is 4.70. The molecule has 94 valence electrons. The smallest absolute Gasteiger partial charge is 0.240 e. The lowest BCUT2D eigenvalue weighted by atomic mass is 10.2. The van der Waals surface area contributed by atoms with Gasteiger partial charge < -0.3 is 14.4 Å². The Kier molecular flexibility index (Phi) is 3.09. The van der Waals surface area contributed by atoms with Crippen LogP contribution in [0.3, 0.4) is 0 Å². The van der Waals surface area contributed by atoms with Crippen LogP contribution in [0.25, 0.3) is 0 Å². The van der Waals surface area contributed by atoms with E-state index in [9.17, 15) is 5.11 Å². The molecule has 1 aliphatic heterocycles. The van der Waals surface area contributed by atoms with Gasteiger partial charge >= 0.3 is 0 Å². The fraction of sp³-hybridized carbons (Fsp3) is 0.818. The highest BCUT2D eigenvalue weighted by Crippen LogP contribution is 2.38. The number of rotatable bonds is 4. The maximum absolute atomic E-state index is 9.25. The van der Waals surface area contributed by atoms with E-state index in [0.29, 0.717) is 31.6 Å². The lowest BCUT2D eigenvalue weighted by Crippen LogP contribution is -2.46. The summed E-state index contributed by atoms with van der Waals surface area (Å²) < 4.78 is 10.6. The Morgan fingerprint density at radius 3 is 3.06 bits per heavy atom. The molecule has 1 saturated heterocycles. The molecule has 1 aromatic rings. The van der Waals surface area contributed by atoms with Crippen LogP contribution in [0.1, 0.15) is 30.5 Å². The zero-order valence-electron chi connectivity index (χ0n) is 9.71. The van der Waals surface area contributed by atoms with Gasteiger partial charge in [0.05, 0.1) is 32.4 Å². The van der Waals surface area contributed by atoms with E-state index < -0.39 is 0 Å². The van der Waals surface area contributed by atoms with Gasteiger partial charge in [-0.05, 0) is 12.8 Å². The van der Waals surface area contributed by atoms with Gasteiger partial charge in [-0.3, -0.25) is 4.90 Å². The first kappa shape index (κ1) is 11.1. The molecule has 2 heterocycles. The zero-order chi connectivity index (χ0) is 11.7. The van der Waals surface area contributed by atoms with Crippen molar-refractivity contribution in [3.63, 3.8) is 0 Å². The molecule has 2 fully saturated rings. The Labute approximate surface area is 99.6 Å². The molecule has 1 N–H and O–H groups in total. The fourth-order valence-electron chi connectivity index (χ4n) is 2.08. The van der Waals surface area contributed by atoms with Gasteiger partial charge in [0.1, 0.15) is 0 Å². The van der Waals surface area contributed by atoms with Crippen LogP contribution in [0.2, 0.25) is 0 Å². The molecule has 17 heavy (non-hydrogen) atoms. The van der Waals surface area contributed by atoms with Crippen LogP contribution in [0, 0.1) is 0 Å². The molecule has 1 aromatic heterocycles. The van der Waals surface area contributed by atoms with Crippen LogP contribution in [-0.4, -0.2) is 52.6 Å². The molecule has 6 heteroatoms. The zero-order valence-corrected chi connectivity index (χ0v) is 9.71. The van der Waals surface area contributed by atoms with Crippen LogP contribution in [0.5, 0.6) is 0 Å². The Balaban J connectivity index is 1.63. The predicted octanol–water partition coefficient (Wildman–Crippen LogP) is 0.140. The van der Waals surface area contributed by atoms with Crippen molar-refractivity contribution in [3.05, 3.63) is 11.7 Å². The highest BCUT2D eigenvalue weighted by molar-refractivity contribution is 5.03. The summed E-state index contributed by atoms with van der Waals surface area (Å²) in [5.41, 5.74) is 0. The van der Waals surface area contributed by atoms with E-state index in [-0.39, 0.29) is 12.6 Å². The maximum Gasteiger partial charge on any atom is 0.240 e. The lowest BCUT2D eigenvalue weighted by Gasteiger charge is -2.33. The van der Waals surface area contributed by atoms with Gasteiger partial charge in [0, 0.05) is 12.5 Å². The number of hydrogen-bond acceptors (Lipinski definition) is 6. The van der Waals surface area contributed by atoms with Crippen molar-refractivity contribution in [1.82, 2.24) is 15.0 Å². The molecule has 0 radical (unpaired) electrons. The molecule has 0 aromatic carbocycles. The minimum Gasteiger partial charge on any atom is -0.395 e. The monoisotopic (exact) mass is 239 g/mol. The molecule has 1 saturated carbocycles. The largest absolute Gasteiger partial charge is 0.395 e. The van der Waals surface area contributed by atoms with Gasteiger partial charge in [-0.15, -0.1) is 0 Å². The van der Waals surface area contributed by atoms with Gasteiger partial charge in [0.2, 0.25) is 5.89 Å². The number of morpholine rings is 1. The molecular weight excluding hydrogens is 222 g/mol. The third-order valence-corrected chi connectivity index (χ3v) is 3.32. The van der Waals surface area contributed by atoms with Crippen LogP contribution < -0.4 is 0 Å². The molecule has 1 unspecified atom stereocenters. The minimum atomic E-state index is 0.0417. The van der Waals surface area contributed by atoms with Gasteiger partial charge in [0.25, 0.3) is 0 Å². The normalized spacial score (nSPS) is 26.3. The number of hydrogen-bond donors (Lipinski definition) is 1. The van der Waals surface area contributed by atoms with Gasteiger partial charge in [-0.25, -0.2) is 0 Å². The first-order valence-electron chi connectivity index (χ1n) is 6.12. The van der Waals surface area contributed by atoms with Crippen molar-refractivity contribution in [1.29, 1.82) is 0 Å². The summed E-state index contributed by atoms with van der Waals surface area (Å²) in [7, 11) is 0. The van der Waals surface area contributed by atoms with Crippen molar-refractivity contribution < 1.29 is 14.4 Å². The van der Waals surface area contributed by atoms with E-state index in [2.05, 4.69) is 15.0 Å². The summed E-state index contributed by atoms with van der Waals surface area (Å²) in [6, 6.07) is 0.0417. The summed E-state index contributed by atoms with van der Waals surface area (Å²) >= 11 is 0. The molecule has 2 aliphatic rings. The average Bonchev–Trinajstić information content (AvgIpc) is 3.11. The van der Waals surface area contributed by atoms with Gasteiger partial charge in [-0.1, -0.05) is 5.16 Å². The molecule has 0 spiro atoms. The highest BCUT2D eigenvalue weighted by Gasteiger charge is 2.30. The quantitative estimate of drug-likeness (QED) is 0.806. The molecule has 0 bridgehead atoms. The van der Waals surface area contributed by atoms with Gasteiger partial charge in [0.15, 0.2) is 5.82 Å². The Hall–Kier alpha value is -0.980. The number of ether oxygens (including phenoxy) is 1. The molecule has 6 nitrogen and oxygen atoms in total. The topological polar surface area (TPSA) is 71.6 Å². The van der Waals surface area contributed by atoms with E-state index in [4.69, 9.17) is 9.26 Å². The number of nitrogens with zero attached hydrogens (tertiary/aromatic N) is 3. The van der Waals surface area contributed by atoms with Crippen molar-refractivity contribution in [2.75, 3.05) is 26.4 Å². The standard InChI is InChI=1S/C11H17N3O3/c15-6-9-7-16-4-3-14(9)5-10-12-11(13-17-10)8-1-2-8/h8-9,15H,1-7H2. The summed E-state index contributed by atoms with van der Waals surface area (Å²) in [4.78, 5) is 6.53. The van der Waals surface area contributed by atoms with E-state index in [1.165, 1.54) is 12.8 Å². The van der Waals surface area contributed by atoms with Crippen molar-refractivity contribution in [2.45, 2.75) is 31.3 Å². The molecule has 1 atom stereocenters.